The molecule has 1 unspecified atom stereocenters. The topological polar surface area (TPSA) is 29.1 Å². The molecule has 0 spiro atoms. The highest BCUT2D eigenvalue weighted by molar-refractivity contribution is 5.29. The molecule has 0 bridgehead atoms. The third kappa shape index (κ3) is 3.04. The van der Waals surface area contributed by atoms with E-state index in [0.717, 1.165) is 17.7 Å². The summed E-state index contributed by atoms with van der Waals surface area (Å²) < 4.78 is 5.34. The highest BCUT2D eigenvalue weighted by Crippen LogP contribution is 2.22. The fourth-order valence-electron chi connectivity index (χ4n) is 1.40. The van der Waals surface area contributed by atoms with Crippen LogP contribution in [0.15, 0.2) is 24.3 Å². The van der Waals surface area contributed by atoms with Crippen molar-refractivity contribution in [1.29, 1.82) is 0 Å². The average molecular weight is 193 g/mol. The lowest BCUT2D eigenvalue weighted by atomic mass is 10.1. The van der Waals surface area contributed by atoms with Crippen LogP contribution in [0.1, 0.15) is 38.4 Å². The second-order valence-electron chi connectivity index (χ2n) is 3.28. The van der Waals surface area contributed by atoms with Gasteiger partial charge in [0.1, 0.15) is 11.9 Å². The van der Waals surface area contributed by atoms with Gasteiger partial charge in [-0.1, -0.05) is 25.5 Å². The maximum absolute atomic E-state index is 11.6. The van der Waals surface area contributed by atoms with Crippen molar-refractivity contribution in [3.05, 3.63) is 29.8 Å². The van der Waals surface area contributed by atoms with Gasteiger partial charge in [-0.25, -0.2) is 5.11 Å². The molecule has 0 aromatic heterocycles. The van der Waals surface area contributed by atoms with Crippen molar-refractivity contribution in [2.75, 3.05) is 6.61 Å². The third-order valence-electron chi connectivity index (χ3n) is 2.09. The monoisotopic (exact) mass is 193 g/mol. The highest BCUT2D eigenvalue weighted by Gasteiger charge is 2.08. The van der Waals surface area contributed by atoms with Crippen LogP contribution in [0.25, 0.3) is 0 Å². The van der Waals surface area contributed by atoms with Crippen LogP contribution in [0.2, 0.25) is 0 Å². The summed E-state index contributed by atoms with van der Waals surface area (Å²) in [6.45, 7) is 4.60. The van der Waals surface area contributed by atoms with E-state index in [4.69, 9.17) is 4.74 Å². The predicted molar refractivity (Wildman–Crippen MR) is 55.9 cm³/mol. The second kappa shape index (κ2) is 5.66. The molecule has 77 valence electrons. The van der Waals surface area contributed by atoms with Crippen LogP contribution in [0.3, 0.4) is 0 Å². The van der Waals surface area contributed by atoms with Gasteiger partial charge in [-0.2, -0.15) is 0 Å². The Balaban J connectivity index is 2.71. The standard InChI is InChI=1S/C12H17O2/c1-3-6-12(13)10-7-5-8-11(9-10)14-4-2/h5,7-9,12H,3-4,6H2,1-2H3. The van der Waals surface area contributed by atoms with Crippen molar-refractivity contribution in [3.8, 4) is 5.75 Å². The van der Waals surface area contributed by atoms with E-state index in [1.807, 2.05) is 38.1 Å². The first-order valence-electron chi connectivity index (χ1n) is 5.16. The van der Waals surface area contributed by atoms with E-state index in [1.165, 1.54) is 0 Å². The van der Waals surface area contributed by atoms with Crippen LogP contribution in [0, 0.1) is 0 Å². The van der Waals surface area contributed by atoms with Crippen LogP contribution in [0.4, 0.5) is 0 Å². The summed E-state index contributed by atoms with van der Waals surface area (Å²) >= 11 is 0. The zero-order chi connectivity index (χ0) is 10.4. The minimum Gasteiger partial charge on any atom is -0.494 e. The number of rotatable bonds is 5. The van der Waals surface area contributed by atoms with E-state index in [0.29, 0.717) is 13.0 Å². The van der Waals surface area contributed by atoms with E-state index in [9.17, 15) is 5.11 Å². The van der Waals surface area contributed by atoms with Gasteiger partial charge in [0.2, 0.25) is 0 Å². The van der Waals surface area contributed by atoms with Crippen LogP contribution in [-0.2, 0) is 5.11 Å². The van der Waals surface area contributed by atoms with Crippen molar-refractivity contribution >= 4 is 0 Å². The van der Waals surface area contributed by atoms with Gasteiger partial charge in [0.05, 0.1) is 6.61 Å². The summed E-state index contributed by atoms with van der Waals surface area (Å²) in [4.78, 5) is 0. The number of hydrogen-bond acceptors (Lipinski definition) is 1. The molecule has 0 fully saturated rings. The SMILES string of the molecule is CCCC([O])c1cccc(OCC)c1. The lowest BCUT2D eigenvalue weighted by molar-refractivity contribution is 0.0802. The summed E-state index contributed by atoms with van der Waals surface area (Å²) in [6, 6.07) is 7.47. The summed E-state index contributed by atoms with van der Waals surface area (Å²) in [7, 11) is 0. The fourth-order valence-corrected chi connectivity index (χ4v) is 1.40. The molecule has 0 aliphatic rings. The van der Waals surface area contributed by atoms with Crippen molar-refractivity contribution in [3.63, 3.8) is 0 Å². The van der Waals surface area contributed by atoms with Crippen LogP contribution < -0.4 is 4.74 Å². The molecular weight excluding hydrogens is 176 g/mol. The molecule has 1 aromatic carbocycles. The number of ether oxygens (including phenoxy) is 1. The largest absolute Gasteiger partial charge is 0.494 e. The first-order chi connectivity index (χ1) is 6.77. The highest BCUT2D eigenvalue weighted by atomic mass is 16.5. The molecule has 2 heteroatoms. The van der Waals surface area contributed by atoms with E-state index < -0.39 is 6.10 Å². The second-order valence-corrected chi connectivity index (χ2v) is 3.28. The smallest absolute Gasteiger partial charge is 0.119 e. The Hall–Kier alpha value is -1.02. The Morgan fingerprint density at radius 3 is 2.79 bits per heavy atom. The van der Waals surface area contributed by atoms with E-state index >= 15 is 0 Å². The van der Waals surface area contributed by atoms with Gasteiger partial charge in [0.25, 0.3) is 0 Å². The lowest BCUT2D eigenvalue weighted by Gasteiger charge is -2.09. The Morgan fingerprint density at radius 2 is 2.14 bits per heavy atom. The Labute approximate surface area is 85.5 Å². The molecule has 0 saturated heterocycles. The zero-order valence-electron chi connectivity index (χ0n) is 8.82. The van der Waals surface area contributed by atoms with Crippen molar-refractivity contribution < 1.29 is 9.84 Å². The minimum atomic E-state index is -0.611. The molecule has 2 nitrogen and oxygen atoms in total. The van der Waals surface area contributed by atoms with E-state index in [1.54, 1.807) is 0 Å². The molecule has 1 rings (SSSR count). The fraction of sp³-hybridized carbons (Fsp3) is 0.500. The average Bonchev–Trinajstić information content (AvgIpc) is 2.19. The number of hydrogen-bond donors (Lipinski definition) is 0. The predicted octanol–water partition coefficient (Wildman–Crippen LogP) is 3.36. The van der Waals surface area contributed by atoms with Crippen LogP contribution in [-0.4, -0.2) is 6.61 Å². The first-order valence-corrected chi connectivity index (χ1v) is 5.16. The van der Waals surface area contributed by atoms with Crippen molar-refractivity contribution in [1.82, 2.24) is 0 Å². The van der Waals surface area contributed by atoms with Gasteiger partial charge in [0, 0.05) is 0 Å². The molecule has 14 heavy (non-hydrogen) atoms. The lowest BCUT2D eigenvalue weighted by Crippen LogP contribution is -1.97. The molecule has 1 atom stereocenters. The zero-order valence-corrected chi connectivity index (χ0v) is 8.82. The Bertz CT molecular complexity index is 271. The van der Waals surface area contributed by atoms with E-state index in [-0.39, 0.29) is 0 Å². The molecule has 1 aromatic rings. The van der Waals surface area contributed by atoms with Gasteiger partial charge in [-0.3, -0.25) is 0 Å². The number of benzene rings is 1. The molecule has 0 saturated carbocycles. The van der Waals surface area contributed by atoms with Crippen molar-refractivity contribution in [2.45, 2.75) is 32.8 Å². The molecular formula is C12H17O2. The molecule has 1 radical (unpaired) electrons. The third-order valence-corrected chi connectivity index (χ3v) is 2.09. The summed E-state index contributed by atoms with van der Waals surface area (Å²) in [6.07, 6.45) is 1.00. The van der Waals surface area contributed by atoms with Gasteiger partial charge < -0.3 is 4.74 Å². The Kier molecular flexibility index (Phi) is 4.47. The van der Waals surface area contributed by atoms with Crippen LogP contribution in [0.5, 0.6) is 5.75 Å². The van der Waals surface area contributed by atoms with Gasteiger partial charge in [-0.15, -0.1) is 0 Å². The van der Waals surface area contributed by atoms with Crippen molar-refractivity contribution in [2.24, 2.45) is 0 Å². The molecule has 0 aliphatic carbocycles. The quantitative estimate of drug-likeness (QED) is 0.705. The summed E-state index contributed by atoms with van der Waals surface area (Å²) in [5.74, 6) is 0.793. The van der Waals surface area contributed by atoms with Gasteiger partial charge >= 0.3 is 0 Å². The first kappa shape index (κ1) is 11.1. The van der Waals surface area contributed by atoms with Gasteiger partial charge in [-0.05, 0) is 31.0 Å². The molecule has 0 amide bonds. The minimum absolute atomic E-state index is 0.611. The Morgan fingerprint density at radius 1 is 1.36 bits per heavy atom. The maximum atomic E-state index is 11.6. The molecule has 0 heterocycles. The van der Waals surface area contributed by atoms with Gasteiger partial charge in [0.15, 0.2) is 0 Å². The van der Waals surface area contributed by atoms with Crippen LogP contribution >= 0.6 is 0 Å². The molecule has 0 N–H and O–H groups in total. The summed E-state index contributed by atoms with van der Waals surface area (Å²) in [5, 5.41) is 11.6. The normalized spacial score (nSPS) is 12.5. The summed E-state index contributed by atoms with van der Waals surface area (Å²) in [5.41, 5.74) is 0.831. The molecule has 0 aliphatic heterocycles. The van der Waals surface area contributed by atoms with E-state index in [2.05, 4.69) is 0 Å². The maximum Gasteiger partial charge on any atom is 0.119 e.